The van der Waals surface area contributed by atoms with Crippen molar-refractivity contribution in [2.45, 2.75) is 162 Å². The molecule has 0 unspecified atom stereocenters. The zero-order valence-corrected chi connectivity index (χ0v) is 24.3. The van der Waals surface area contributed by atoms with Crippen molar-refractivity contribution < 1.29 is 19.4 Å². The fraction of sp³-hybridized carbons (Fsp3) is 0.758. The van der Waals surface area contributed by atoms with Crippen molar-refractivity contribution in [3.63, 3.8) is 0 Å². The normalized spacial score (nSPS) is 10.5. The van der Waals surface area contributed by atoms with E-state index in [1.807, 2.05) is 30.3 Å². The first kappa shape index (κ1) is 35.2. The number of hydrogen-bond acceptors (Lipinski definition) is 3. The molecule has 1 N–H and O–H groups in total. The van der Waals surface area contributed by atoms with Gasteiger partial charge in [-0.1, -0.05) is 160 Å². The molecule has 214 valence electrons. The third-order valence-corrected chi connectivity index (χ3v) is 6.72. The summed E-state index contributed by atoms with van der Waals surface area (Å²) in [7, 11) is 0. The molecule has 0 heterocycles. The zero-order valence-electron chi connectivity index (χ0n) is 24.3. The van der Waals surface area contributed by atoms with Gasteiger partial charge < -0.3 is 9.84 Å². The first-order valence-corrected chi connectivity index (χ1v) is 15.5. The lowest BCUT2D eigenvalue weighted by molar-refractivity contribution is -0.145. The van der Waals surface area contributed by atoms with Gasteiger partial charge in [0.1, 0.15) is 6.61 Å². The van der Waals surface area contributed by atoms with Gasteiger partial charge >= 0.3 is 11.9 Å². The predicted octanol–water partition coefficient (Wildman–Crippen LogP) is 10.4. The van der Waals surface area contributed by atoms with Gasteiger partial charge in [-0.15, -0.1) is 0 Å². The van der Waals surface area contributed by atoms with Crippen LogP contribution in [0, 0.1) is 0 Å². The Morgan fingerprint density at radius 2 is 0.946 bits per heavy atom. The lowest BCUT2D eigenvalue weighted by Gasteiger charge is -2.05. The molecule has 1 aromatic rings. The van der Waals surface area contributed by atoms with E-state index in [2.05, 4.69) is 13.8 Å². The highest BCUT2D eigenvalue weighted by molar-refractivity contribution is 5.69. The van der Waals surface area contributed by atoms with E-state index in [0.717, 1.165) is 31.2 Å². The molecule has 37 heavy (non-hydrogen) atoms. The van der Waals surface area contributed by atoms with E-state index in [4.69, 9.17) is 9.84 Å². The van der Waals surface area contributed by atoms with Gasteiger partial charge in [0.15, 0.2) is 0 Å². The van der Waals surface area contributed by atoms with E-state index in [0.29, 0.717) is 19.4 Å². The van der Waals surface area contributed by atoms with Gasteiger partial charge in [-0.3, -0.25) is 9.59 Å². The molecule has 0 fully saturated rings. The maximum atomic E-state index is 11.6. The minimum absolute atomic E-state index is 0.0678. The third-order valence-electron chi connectivity index (χ3n) is 6.72. The molecular formula is C33H58O4. The van der Waals surface area contributed by atoms with Crippen LogP contribution in [-0.2, 0) is 20.9 Å². The molecule has 0 aromatic heterocycles. The summed E-state index contributed by atoms with van der Waals surface area (Å²) in [5.74, 6) is -0.724. The maximum Gasteiger partial charge on any atom is 0.306 e. The molecule has 0 amide bonds. The molecule has 4 nitrogen and oxygen atoms in total. The molecule has 1 rings (SSSR count). The molecule has 0 atom stereocenters. The second-order valence-corrected chi connectivity index (χ2v) is 10.4. The highest BCUT2D eigenvalue weighted by atomic mass is 16.5. The minimum Gasteiger partial charge on any atom is -0.481 e. The van der Waals surface area contributed by atoms with Crippen molar-refractivity contribution in [3.05, 3.63) is 35.9 Å². The number of carbonyl (C=O) groups excluding carboxylic acids is 1. The minimum atomic E-state index is -0.657. The highest BCUT2D eigenvalue weighted by Gasteiger charge is 2.03. The van der Waals surface area contributed by atoms with E-state index in [9.17, 15) is 9.59 Å². The summed E-state index contributed by atoms with van der Waals surface area (Å²) in [5, 5.41) is 8.46. The monoisotopic (exact) mass is 518 g/mol. The quantitative estimate of drug-likeness (QED) is 0.109. The van der Waals surface area contributed by atoms with Crippen LogP contribution in [0.3, 0.4) is 0 Å². The molecule has 0 saturated heterocycles. The molecular weight excluding hydrogens is 460 g/mol. The molecule has 0 saturated carbocycles. The van der Waals surface area contributed by atoms with Crippen molar-refractivity contribution in [1.82, 2.24) is 0 Å². The van der Waals surface area contributed by atoms with Crippen molar-refractivity contribution in [3.8, 4) is 0 Å². The van der Waals surface area contributed by atoms with Crippen LogP contribution in [0.2, 0.25) is 0 Å². The number of hydrogen-bond donors (Lipinski definition) is 1. The zero-order chi connectivity index (χ0) is 27.2. The number of benzene rings is 1. The van der Waals surface area contributed by atoms with Gasteiger partial charge in [0.2, 0.25) is 0 Å². The average Bonchev–Trinajstić information content (AvgIpc) is 2.90. The summed E-state index contributed by atoms with van der Waals surface area (Å²) in [6, 6.07) is 9.85. The average molecular weight is 519 g/mol. The standard InChI is InChI=1S/C19H30O2.C14H28O2/c1-2-3-4-5-6-7-8-9-13-16-19(20)21-17-18-14-11-10-12-15-18;1-2-3-4-5-6-7-8-9-10-11-12-13-14(15)16/h10-12,14-15H,2-9,13,16-17H2,1H3;2-13H2,1H3,(H,15,16). The van der Waals surface area contributed by atoms with Crippen molar-refractivity contribution >= 4 is 11.9 Å². The fourth-order valence-corrected chi connectivity index (χ4v) is 4.33. The van der Waals surface area contributed by atoms with E-state index in [-0.39, 0.29) is 5.97 Å². The predicted molar refractivity (Wildman–Crippen MR) is 157 cm³/mol. The molecule has 1 aromatic carbocycles. The Kier molecular flexibility index (Phi) is 27.3. The lowest BCUT2D eigenvalue weighted by Crippen LogP contribution is -2.04. The van der Waals surface area contributed by atoms with Gasteiger partial charge in [-0.2, -0.15) is 0 Å². The fourth-order valence-electron chi connectivity index (χ4n) is 4.33. The Labute approximate surface area is 229 Å². The molecule has 0 radical (unpaired) electrons. The van der Waals surface area contributed by atoms with Crippen molar-refractivity contribution in [2.75, 3.05) is 0 Å². The number of ether oxygens (including phenoxy) is 1. The van der Waals surface area contributed by atoms with E-state index >= 15 is 0 Å². The number of esters is 1. The van der Waals surface area contributed by atoms with Gasteiger partial charge in [0.05, 0.1) is 0 Å². The summed E-state index contributed by atoms with van der Waals surface area (Å²) < 4.78 is 5.26. The van der Waals surface area contributed by atoms with Crippen LogP contribution in [0.15, 0.2) is 30.3 Å². The van der Waals surface area contributed by atoms with Crippen LogP contribution in [0.1, 0.15) is 161 Å². The summed E-state index contributed by atoms with van der Waals surface area (Å²) in [6.45, 7) is 4.89. The summed E-state index contributed by atoms with van der Waals surface area (Å²) in [4.78, 5) is 21.9. The highest BCUT2D eigenvalue weighted by Crippen LogP contribution is 2.12. The molecule has 0 aliphatic carbocycles. The molecule has 4 heteroatoms. The molecule has 0 spiro atoms. The smallest absolute Gasteiger partial charge is 0.306 e. The summed E-state index contributed by atoms with van der Waals surface area (Å²) in [6.07, 6.45) is 26.4. The number of carboxylic acid groups (broad SMARTS) is 1. The molecule has 0 aliphatic heterocycles. The van der Waals surface area contributed by atoms with Crippen LogP contribution in [0.5, 0.6) is 0 Å². The number of unbranched alkanes of at least 4 members (excludes halogenated alkanes) is 18. The summed E-state index contributed by atoms with van der Waals surface area (Å²) >= 11 is 0. The SMILES string of the molecule is CCCCCCCCCCCC(=O)OCc1ccccc1.CCCCCCCCCCCCCC(=O)O. The second kappa shape index (κ2) is 28.7. The van der Waals surface area contributed by atoms with E-state index in [1.54, 1.807) is 0 Å². The van der Waals surface area contributed by atoms with Gasteiger partial charge in [0, 0.05) is 12.8 Å². The van der Waals surface area contributed by atoms with Crippen molar-refractivity contribution in [1.29, 1.82) is 0 Å². The number of aliphatic carboxylic acids is 1. The van der Waals surface area contributed by atoms with Gasteiger partial charge in [0.25, 0.3) is 0 Å². The molecule has 0 bridgehead atoms. The second-order valence-electron chi connectivity index (χ2n) is 10.4. The van der Waals surface area contributed by atoms with Gasteiger partial charge in [-0.25, -0.2) is 0 Å². The van der Waals surface area contributed by atoms with Crippen molar-refractivity contribution in [2.24, 2.45) is 0 Å². The van der Waals surface area contributed by atoms with E-state index < -0.39 is 5.97 Å². The topological polar surface area (TPSA) is 63.6 Å². The van der Waals surface area contributed by atoms with Crippen LogP contribution < -0.4 is 0 Å². The third kappa shape index (κ3) is 28.6. The number of rotatable bonds is 24. The number of carboxylic acids is 1. The van der Waals surface area contributed by atoms with E-state index in [1.165, 1.54) is 103 Å². The first-order chi connectivity index (χ1) is 18.1. The van der Waals surface area contributed by atoms with Crippen LogP contribution in [0.25, 0.3) is 0 Å². The van der Waals surface area contributed by atoms with Crippen LogP contribution in [0.4, 0.5) is 0 Å². The Balaban J connectivity index is 0.000000730. The Bertz CT molecular complexity index is 614. The number of carbonyl (C=O) groups is 2. The lowest BCUT2D eigenvalue weighted by atomic mass is 10.1. The maximum absolute atomic E-state index is 11.6. The van der Waals surface area contributed by atoms with Crippen LogP contribution in [-0.4, -0.2) is 17.0 Å². The first-order valence-electron chi connectivity index (χ1n) is 15.5. The van der Waals surface area contributed by atoms with Crippen LogP contribution >= 0.6 is 0 Å². The molecule has 0 aliphatic rings. The Morgan fingerprint density at radius 1 is 0.568 bits per heavy atom. The largest absolute Gasteiger partial charge is 0.481 e. The van der Waals surface area contributed by atoms with Gasteiger partial charge in [-0.05, 0) is 18.4 Å². The Hall–Kier alpha value is -1.84. The summed E-state index contributed by atoms with van der Waals surface area (Å²) in [5.41, 5.74) is 1.05. The Morgan fingerprint density at radius 3 is 1.35 bits per heavy atom.